The topological polar surface area (TPSA) is 66.8 Å². The zero-order valence-electron chi connectivity index (χ0n) is 16.4. The first-order valence-electron chi connectivity index (χ1n) is 9.67. The molecule has 0 aromatic heterocycles. The van der Waals surface area contributed by atoms with Crippen molar-refractivity contribution in [3.8, 4) is 0 Å². The van der Waals surface area contributed by atoms with E-state index in [2.05, 4.69) is 0 Å². The number of ether oxygens (including phenoxy) is 1. The van der Waals surface area contributed by atoms with Crippen LogP contribution >= 0.6 is 0 Å². The summed E-state index contributed by atoms with van der Waals surface area (Å²) in [7, 11) is 1.57. The number of methoxy groups -OCH3 is 1. The molecule has 0 aliphatic carbocycles. The summed E-state index contributed by atoms with van der Waals surface area (Å²) in [6, 6.07) is 16.7. The van der Waals surface area contributed by atoms with E-state index in [0.717, 1.165) is 30.4 Å². The third kappa shape index (κ3) is 4.09. The van der Waals surface area contributed by atoms with Crippen LogP contribution in [0, 0.1) is 5.92 Å². The van der Waals surface area contributed by atoms with Crippen LogP contribution in [0.15, 0.2) is 54.6 Å². The van der Waals surface area contributed by atoms with Crippen molar-refractivity contribution in [1.29, 1.82) is 0 Å². The molecule has 1 N–H and O–H groups in total. The molecule has 1 unspecified atom stereocenters. The Balaban J connectivity index is 1.65. The van der Waals surface area contributed by atoms with Crippen molar-refractivity contribution in [2.75, 3.05) is 20.2 Å². The number of piperidine rings is 1. The molecule has 1 heterocycles. The summed E-state index contributed by atoms with van der Waals surface area (Å²) in [4.78, 5) is 26.5. The summed E-state index contributed by atoms with van der Waals surface area (Å²) in [6.45, 7) is 3.13. The van der Waals surface area contributed by atoms with Gasteiger partial charge in [-0.05, 0) is 49.3 Å². The zero-order valence-corrected chi connectivity index (χ0v) is 16.4. The van der Waals surface area contributed by atoms with Crippen molar-refractivity contribution in [3.05, 3.63) is 71.3 Å². The fourth-order valence-electron chi connectivity index (χ4n) is 3.94. The number of carbonyl (C=O) groups excluding carboxylic acids is 1. The van der Waals surface area contributed by atoms with Gasteiger partial charge < -0.3 is 14.7 Å². The molecule has 1 aliphatic rings. The highest BCUT2D eigenvalue weighted by molar-refractivity contribution is 5.89. The lowest BCUT2D eigenvalue weighted by Gasteiger charge is -2.38. The molecular formula is C23H27NO4. The highest BCUT2D eigenvalue weighted by Crippen LogP contribution is 2.30. The van der Waals surface area contributed by atoms with Crippen LogP contribution in [0.5, 0.6) is 0 Å². The predicted octanol–water partition coefficient (Wildman–Crippen LogP) is 3.73. The molecule has 5 nitrogen and oxygen atoms in total. The molecule has 28 heavy (non-hydrogen) atoms. The Kier molecular flexibility index (Phi) is 6.15. The van der Waals surface area contributed by atoms with Crippen LogP contribution in [-0.4, -0.2) is 42.1 Å². The van der Waals surface area contributed by atoms with Crippen molar-refractivity contribution in [3.63, 3.8) is 0 Å². The normalized spacial score (nSPS) is 17.1. The summed E-state index contributed by atoms with van der Waals surface area (Å²) in [5.74, 6) is -0.539. The molecule has 2 aromatic rings. The van der Waals surface area contributed by atoms with E-state index in [1.165, 1.54) is 0 Å². The second-order valence-corrected chi connectivity index (χ2v) is 7.51. The van der Waals surface area contributed by atoms with Gasteiger partial charge in [-0.1, -0.05) is 48.5 Å². The lowest BCUT2D eigenvalue weighted by atomic mass is 9.87. The van der Waals surface area contributed by atoms with E-state index in [0.29, 0.717) is 24.6 Å². The van der Waals surface area contributed by atoms with Crippen LogP contribution in [0.2, 0.25) is 0 Å². The van der Waals surface area contributed by atoms with E-state index in [1.807, 2.05) is 54.3 Å². The third-order valence-corrected chi connectivity index (χ3v) is 5.80. The third-order valence-electron chi connectivity index (χ3n) is 5.80. The molecule has 0 spiro atoms. The van der Waals surface area contributed by atoms with Gasteiger partial charge in [0.25, 0.3) is 5.91 Å². The van der Waals surface area contributed by atoms with E-state index < -0.39 is 11.6 Å². The maximum atomic E-state index is 13.2. The van der Waals surface area contributed by atoms with Crippen LogP contribution in [0.4, 0.5) is 0 Å². The number of rotatable bonds is 6. The van der Waals surface area contributed by atoms with Crippen LogP contribution < -0.4 is 0 Å². The molecule has 0 bridgehead atoms. The number of likely N-dealkylation sites (tertiary alicyclic amines) is 1. The first kappa shape index (κ1) is 20.1. The minimum Gasteiger partial charge on any atom is -0.478 e. The molecule has 1 atom stereocenters. The average Bonchev–Trinajstić information content (AvgIpc) is 2.74. The van der Waals surface area contributed by atoms with Crippen LogP contribution in [0.3, 0.4) is 0 Å². The molecule has 2 aromatic carbocycles. The Labute approximate surface area is 165 Å². The van der Waals surface area contributed by atoms with Crippen molar-refractivity contribution in [1.82, 2.24) is 4.90 Å². The number of amides is 1. The molecule has 148 valence electrons. The van der Waals surface area contributed by atoms with Gasteiger partial charge in [-0.3, -0.25) is 4.79 Å². The SMILES string of the molecule is COC(C)(C(=O)N1CCC(Cc2ccccc2C(=O)O)CC1)c1ccccc1. The fourth-order valence-corrected chi connectivity index (χ4v) is 3.94. The van der Waals surface area contributed by atoms with E-state index in [4.69, 9.17) is 4.74 Å². The second kappa shape index (κ2) is 8.57. The van der Waals surface area contributed by atoms with Crippen LogP contribution in [0.25, 0.3) is 0 Å². The van der Waals surface area contributed by atoms with E-state index in [-0.39, 0.29) is 5.91 Å². The molecule has 1 saturated heterocycles. The Hall–Kier alpha value is -2.66. The minimum atomic E-state index is -0.996. The quantitative estimate of drug-likeness (QED) is 0.828. The van der Waals surface area contributed by atoms with Gasteiger partial charge in [0.05, 0.1) is 5.56 Å². The molecule has 3 rings (SSSR count). The summed E-state index contributed by atoms with van der Waals surface area (Å²) < 4.78 is 5.65. The second-order valence-electron chi connectivity index (χ2n) is 7.51. The van der Waals surface area contributed by atoms with Crippen LogP contribution in [0.1, 0.15) is 41.3 Å². The van der Waals surface area contributed by atoms with Gasteiger partial charge in [0.1, 0.15) is 0 Å². The molecule has 1 aliphatic heterocycles. The summed E-state index contributed by atoms with van der Waals surface area (Å²) in [6.07, 6.45) is 2.44. The van der Waals surface area contributed by atoms with Gasteiger partial charge in [-0.15, -0.1) is 0 Å². The van der Waals surface area contributed by atoms with Crippen molar-refractivity contribution >= 4 is 11.9 Å². The maximum Gasteiger partial charge on any atom is 0.335 e. The Bertz CT molecular complexity index is 828. The highest BCUT2D eigenvalue weighted by Gasteiger charge is 2.39. The molecule has 1 fully saturated rings. The standard InChI is InChI=1S/C23H27NO4/c1-23(28-2,19-9-4-3-5-10-19)22(27)24-14-12-17(13-15-24)16-18-8-6-7-11-20(18)21(25)26/h3-11,17H,12-16H2,1-2H3,(H,25,26). The monoisotopic (exact) mass is 381 g/mol. The van der Waals surface area contributed by atoms with Gasteiger partial charge in [-0.25, -0.2) is 4.79 Å². The fraction of sp³-hybridized carbons (Fsp3) is 0.391. The lowest BCUT2D eigenvalue weighted by Crippen LogP contribution is -2.49. The summed E-state index contributed by atoms with van der Waals surface area (Å²) in [5.41, 5.74) is 1.09. The Morgan fingerprint density at radius 2 is 1.68 bits per heavy atom. The van der Waals surface area contributed by atoms with Crippen molar-refractivity contribution < 1.29 is 19.4 Å². The van der Waals surface area contributed by atoms with Gasteiger partial charge in [-0.2, -0.15) is 0 Å². The van der Waals surface area contributed by atoms with Crippen molar-refractivity contribution in [2.45, 2.75) is 31.8 Å². The average molecular weight is 381 g/mol. The summed E-state index contributed by atoms with van der Waals surface area (Å²) in [5, 5.41) is 9.37. The smallest absolute Gasteiger partial charge is 0.335 e. The van der Waals surface area contributed by atoms with Gasteiger partial charge >= 0.3 is 5.97 Å². The molecule has 5 heteroatoms. The van der Waals surface area contributed by atoms with Crippen molar-refractivity contribution in [2.24, 2.45) is 5.92 Å². The Morgan fingerprint density at radius 3 is 2.29 bits per heavy atom. The number of carboxylic acid groups (broad SMARTS) is 1. The first-order chi connectivity index (χ1) is 13.5. The lowest BCUT2D eigenvalue weighted by molar-refractivity contribution is -0.155. The van der Waals surface area contributed by atoms with Gasteiger partial charge in [0.2, 0.25) is 0 Å². The maximum absolute atomic E-state index is 13.2. The highest BCUT2D eigenvalue weighted by atomic mass is 16.5. The summed E-state index contributed by atoms with van der Waals surface area (Å²) >= 11 is 0. The predicted molar refractivity (Wildman–Crippen MR) is 107 cm³/mol. The van der Waals surface area contributed by atoms with Crippen LogP contribution in [-0.2, 0) is 21.6 Å². The molecule has 0 saturated carbocycles. The van der Waals surface area contributed by atoms with Gasteiger partial charge in [0, 0.05) is 20.2 Å². The number of hydrogen-bond acceptors (Lipinski definition) is 3. The number of carbonyl (C=O) groups is 2. The number of nitrogens with zero attached hydrogens (tertiary/aromatic N) is 1. The minimum absolute atomic E-state index is 0.0226. The van der Waals surface area contributed by atoms with E-state index >= 15 is 0 Å². The first-order valence-corrected chi connectivity index (χ1v) is 9.67. The number of benzene rings is 2. The number of aromatic carboxylic acids is 1. The molecule has 0 radical (unpaired) electrons. The van der Waals surface area contributed by atoms with E-state index in [9.17, 15) is 14.7 Å². The zero-order chi connectivity index (χ0) is 20.1. The van der Waals surface area contributed by atoms with Gasteiger partial charge in [0.15, 0.2) is 5.60 Å². The van der Waals surface area contributed by atoms with E-state index in [1.54, 1.807) is 19.2 Å². The Morgan fingerprint density at radius 1 is 1.07 bits per heavy atom. The molecular weight excluding hydrogens is 354 g/mol. The number of hydrogen-bond donors (Lipinski definition) is 1. The molecule has 1 amide bonds. The number of carboxylic acids is 1. The largest absolute Gasteiger partial charge is 0.478 e.